The van der Waals surface area contributed by atoms with E-state index in [1.165, 1.54) is 5.12 Å². The molecule has 0 heterocycles. The quantitative estimate of drug-likeness (QED) is 0.245. The molecule has 5 nitrogen and oxygen atoms in total. The number of hydrazine groups is 2. The molecule has 0 aromatic carbocycles. The smallest absolute Gasteiger partial charge is 0.0421 e. The first-order valence-electron chi connectivity index (χ1n) is 5.82. The predicted octanol–water partition coefficient (Wildman–Crippen LogP) is -0.0916. The molecule has 0 aliphatic heterocycles. The average Bonchev–Trinajstić information content (AvgIpc) is 2.18. The molecule has 0 saturated heterocycles. The van der Waals surface area contributed by atoms with Gasteiger partial charge in [0.1, 0.15) is 0 Å². The van der Waals surface area contributed by atoms with Gasteiger partial charge in [-0.25, -0.2) is 0 Å². The van der Waals surface area contributed by atoms with Crippen molar-refractivity contribution in [3.05, 3.63) is 0 Å². The summed E-state index contributed by atoms with van der Waals surface area (Å²) in [5, 5.41) is 1.34. The highest BCUT2D eigenvalue weighted by Crippen LogP contribution is 2.18. The standard InChI is InChI=1S/C10H27N5/c1-9(5-2-3-7-11)10(15(13)14)6-4-8-12/h9-10H,2-8,11-14H2,1H3. The molecular weight excluding hydrogens is 190 g/mol. The number of unbranched alkanes of at least 4 members (excludes halogenated alkanes) is 1. The number of nitrogens with two attached hydrogens (primary N) is 4. The van der Waals surface area contributed by atoms with E-state index in [0.717, 1.165) is 38.6 Å². The summed E-state index contributed by atoms with van der Waals surface area (Å²) in [5.41, 5.74) is 10.9. The zero-order valence-corrected chi connectivity index (χ0v) is 9.86. The molecule has 0 aliphatic rings. The lowest BCUT2D eigenvalue weighted by molar-refractivity contribution is 0.134. The Labute approximate surface area is 93.1 Å². The topological polar surface area (TPSA) is 107 Å². The van der Waals surface area contributed by atoms with Crippen molar-refractivity contribution >= 4 is 0 Å². The van der Waals surface area contributed by atoms with Gasteiger partial charge in [-0.3, -0.25) is 11.7 Å². The van der Waals surface area contributed by atoms with Crippen LogP contribution < -0.4 is 23.2 Å². The van der Waals surface area contributed by atoms with E-state index in [-0.39, 0.29) is 6.04 Å². The summed E-state index contributed by atoms with van der Waals surface area (Å²) in [6, 6.07) is 0.228. The van der Waals surface area contributed by atoms with Crippen LogP contribution in [0, 0.1) is 5.92 Å². The largest absolute Gasteiger partial charge is 0.330 e. The number of nitrogens with zero attached hydrogens (tertiary/aromatic N) is 1. The maximum atomic E-state index is 5.63. The Hall–Kier alpha value is -0.200. The first-order chi connectivity index (χ1) is 7.13. The van der Waals surface area contributed by atoms with E-state index in [0.29, 0.717) is 12.5 Å². The third-order valence-corrected chi connectivity index (χ3v) is 2.86. The van der Waals surface area contributed by atoms with Gasteiger partial charge in [0.25, 0.3) is 0 Å². The monoisotopic (exact) mass is 217 g/mol. The van der Waals surface area contributed by atoms with Crippen LogP contribution in [0.15, 0.2) is 0 Å². The van der Waals surface area contributed by atoms with Gasteiger partial charge in [0, 0.05) is 6.04 Å². The lowest BCUT2D eigenvalue weighted by Gasteiger charge is -2.29. The summed E-state index contributed by atoms with van der Waals surface area (Å²) >= 11 is 0. The number of rotatable bonds is 9. The summed E-state index contributed by atoms with van der Waals surface area (Å²) in [4.78, 5) is 0. The van der Waals surface area contributed by atoms with E-state index in [9.17, 15) is 0 Å². The van der Waals surface area contributed by atoms with Crippen molar-refractivity contribution in [1.82, 2.24) is 5.12 Å². The Morgan fingerprint density at radius 3 is 2.00 bits per heavy atom. The molecule has 0 radical (unpaired) electrons. The highest BCUT2D eigenvalue weighted by molar-refractivity contribution is 4.71. The Morgan fingerprint density at radius 2 is 1.53 bits per heavy atom. The molecule has 0 rings (SSSR count). The van der Waals surface area contributed by atoms with Gasteiger partial charge in [0.2, 0.25) is 0 Å². The first-order valence-corrected chi connectivity index (χ1v) is 5.82. The maximum absolute atomic E-state index is 5.63. The molecule has 0 saturated carbocycles. The molecule has 8 N–H and O–H groups in total. The van der Waals surface area contributed by atoms with Gasteiger partial charge in [0.05, 0.1) is 0 Å². The lowest BCUT2D eigenvalue weighted by atomic mass is 9.92. The zero-order valence-electron chi connectivity index (χ0n) is 9.86. The predicted molar refractivity (Wildman–Crippen MR) is 64.4 cm³/mol. The Kier molecular flexibility index (Phi) is 8.94. The van der Waals surface area contributed by atoms with Crippen LogP contribution in [0.25, 0.3) is 0 Å². The van der Waals surface area contributed by atoms with Crippen LogP contribution in [0.1, 0.15) is 39.0 Å². The summed E-state index contributed by atoms with van der Waals surface area (Å²) in [6.07, 6.45) is 5.27. The molecule has 0 bridgehead atoms. The van der Waals surface area contributed by atoms with Crippen molar-refractivity contribution in [2.24, 2.45) is 29.1 Å². The molecule has 0 aromatic heterocycles. The van der Waals surface area contributed by atoms with Gasteiger partial charge in [-0.15, -0.1) is 0 Å². The van der Waals surface area contributed by atoms with E-state index >= 15 is 0 Å². The summed E-state index contributed by atoms with van der Waals surface area (Å²) < 4.78 is 0. The summed E-state index contributed by atoms with van der Waals surface area (Å²) in [7, 11) is 0. The van der Waals surface area contributed by atoms with Crippen LogP contribution in [0.3, 0.4) is 0 Å². The van der Waals surface area contributed by atoms with Crippen molar-refractivity contribution in [2.45, 2.75) is 45.1 Å². The van der Waals surface area contributed by atoms with Crippen LogP contribution in [-0.2, 0) is 0 Å². The molecule has 0 aromatic rings. The maximum Gasteiger partial charge on any atom is 0.0421 e. The molecule has 0 amide bonds. The molecule has 0 aliphatic carbocycles. The molecule has 15 heavy (non-hydrogen) atoms. The molecule has 2 atom stereocenters. The summed E-state index contributed by atoms with van der Waals surface area (Å²) in [6.45, 7) is 3.64. The van der Waals surface area contributed by atoms with Crippen molar-refractivity contribution in [1.29, 1.82) is 0 Å². The number of hydrogen-bond acceptors (Lipinski definition) is 5. The van der Waals surface area contributed by atoms with Gasteiger partial charge in [0.15, 0.2) is 0 Å². The minimum absolute atomic E-state index is 0.228. The molecular formula is C10H27N5. The van der Waals surface area contributed by atoms with Crippen LogP contribution in [0.2, 0.25) is 0 Å². The fourth-order valence-electron chi connectivity index (χ4n) is 1.86. The second-order valence-electron chi connectivity index (χ2n) is 4.21. The van der Waals surface area contributed by atoms with E-state index in [2.05, 4.69) is 6.92 Å². The molecule has 0 spiro atoms. The Bertz CT molecular complexity index is 140. The van der Waals surface area contributed by atoms with Gasteiger partial charge < -0.3 is 11.5 Å². The average molecular weight is 217 g/mol. The van der Waals surface area contributed by atoms with Crippen LogP contribution in [-0.4, -0.2) is 24.2 Å². The Balaban J connectivity index is 3.87. The highest BCUT2D eigenvalue weighted by atomic mass is 15.6. The van der Waals surface area contributed by atoms with Crippen LogP contribution in [0.4, 0.5) is 0 Å². The SMILES string of the molecule is CC(CCCCN)C(CCCN)N(N)N. The first kappa shape index (κ1) is 14.8. The molecule has 5 heteroatoms. The minimum Gasteiger partial charge on any atom is -0.330 e. The van der Waals surface area contributed by atoms with Crippen molar-refractivity contribution < 1.29 is 0 Å². The fourth-order valence-corrected chi connectivity index (χ4v) is 1.86. The fraction of sp³-hybridized carbons (Fsp3) is 1.00. The zero-order chi connectivity index (χ0) is 11.7. The summed E-state index contributed by atoms with van der Waals surface area (Å²) in [5.74, 6) is 11.8. The van der Waals surface area contributed by atoms with Gasteiger partial charge in [-0.2, -0.15) is 5.12 Å². The minimum atomic E-state index is 0.228. The van der Waals surface area contributed by atoms with Crippen molar-refractivity contribution in [3.8, 4) is 0 Å². The molecule has 0 fully saturated rings. The van der Waals surface area contributed by atoms with E-state index in [4.69, 9.17) is 23.2 Å². The van der Waals surface area contributed by atoms with Crippen LogP contribution >= 0.6 is 0 Å². The van der Waals surface area contributed by atoms with E-state index in [1.54, 1.807) is 0 Å². The molecule has 92 valence electrons. The normalized spacial score (nSPS) is 15.6. The lowest BCUT2D eigenvalue weighted by Crippen LogP contribution is -2.49. The third kappa shape index (κ3) is 6.81. The van der Waals surface area contributed by atoms with Crippen molar-refractivity contribution in [2.75, 3.05) is 13.1 Å². The Morgan fingerprint density at radius 1 is 0.933 bits per heavy atom. The van der Waals surface area contributed by atoms with Gasteiger partial charge in [-0.05, 0) is 44.7 Å². The number of hydrogen-bond donors (Lipinski definition) is 4. The third-order valence-electron chi connectivity index (χ3n) is 2.86. The van der Waals surface area contributed by atoms with E-state index in [1.807, 2.05) is 0 Å². The van der Waals surface area contributed by atoms with Crippen LogP contribution in [0.5, 0.6) is 0 Å². The van der Waals surface area contributed by atoms with Gasteiger partial charge >= 0.3 is 0 Å². The van der Waals surface area contributed by atoms with Crippen molar-refractivity contribution in [3.63, 3.8) is 0 Å². The van der Waals surface area contributed by atoms with Gasteiger partial charge in [-0.1, -0.05) is 13.3 Å². The second kappa shape index (κ2) is 9.06. The molecule has 2 unspecified atom stereocenters. The second-order valence-corrected chi connectivity index (χ2v) is 4.21. The van der Waals surface area contributed by atoms with E-state index < -0.39 is 0 Å². The highest BCUT2D eigenvalue weighted by Gasteiger charge is 2.19.